The maximum atomic E-state index is 12.9. The van der Waals surface area contributed by atoms with Gasteiger partial charge in [-0.3, -0.25) is 9.59 Å². The second kappa shape index (κ2) is 8.63. The van der Waals surface area contributed by atoms with Crippen LogP contribution >= 0.6 is 34.7 Å². The average Bonchev–Trinajstić information content (AvgIpc) is 3.06. The fraction of sp³-hybridized carbons (Fsp3) is 0.136. The Labute approximate surface area is 186 Å². The summed E-state index contributed by atoms with van der Waals surface area (Å²) in [4.78, 5) is 34.6. The van der Waals surface area contributed by atoms with E-state index in [1.165, 1.54) is 23.1 Å². The van der Waals surface area contributed by atoms with E-state index in [0.29, 0.717) is 26.1 Å². The number of nitrogens with one attached hydrogen (secondary N) is 2. The van der Waals surface area contributed by atoms with Crippen LogP contribution in [0.2, 0.25) is 5.02 Å². The van der Waals surface area contributed by atoms with Crippen LogP contribution in [-0.4, -0.2) is 21.1 Å². The van der Waals surface area contributed by atoms with E-state index in [9.17, 15) is 9.59 Å². The van der Waals surface area contributed by atoms with Gasteiger partial charge in [-0.25, -0.2) is 4.98 Å². The molecule has 0 spiro atoms. The van der Waals surface area contributed by atoms with Crippen molar-refractivity contribution in [1.29, 1.82) is 0 Å². The third kappa shape index (κ3) is 4.14. The molecule has 0 saturated heterocycles. The predicted octanol–water partition coefficient (Wildman–Crippen LogP) is 5.73. The molecule has 2 N–H and O–H groups in total. The van der Waals surface area contributed by atoms with Gasteiger partial charge in [-0.05, 0) is 31.5 Å². The number of para-hydroxylation sites is 1. The number of rotatable bonds is 5. The first kappa shape index (κ1) is 20.7. The highest BCUT2D eigenvalue weighted by Gasteiger charge is 2.20. The van der Waals surface area contributed by atoms with Crippen molar-refractivity contribution < 1.29 is 4.79 Å². The predicted molar refractivity (Wildman–Crippen MR) is 126 cm³/mol. The molecule has 0 fully saturated rings. The first-order valence-electron chi connectivity index (χ1n) is 9.25. The molecule has 30 heavy (non-hydrogen) atoms. The number of aromatic amines is 1. The Morgan fingerprint density at radius 2 is 1.87 bits per heavy atom. The molecule has 152 valence electrons. The van der Waals surface area contributed by atoms with Crippen LogP contribution in [0, 0.1) is 6.92 Å². The van der Waals surface area contributed by atoms with Gasteiger partial charge in [0.15, 0.2) is 5.16 Å². The fourth-order valence-electron chi connectivity index (χ4n) is 3.13. The molecule has 0 bridgehead atoms. The third-order valence-corrected chi connectivity index (χ3v) is 6.88. The van der Waals surface area contributed by atoms with E-state index in [1.807, 2.05) is 37.3 Å². The molecule has 2 aromatic carbocycles. The topological polar surface area (TPSA) is 74.8 Å². The van der Waals surface area contributed by atoms with E-state index in [0.717, 1.165) is 16.0 Å². The second-order valence-electron chi connectivity index (χ2n) is 6.68. The number of benzene rings is 2. The molecule has 1 amide bonds. The van der Waals surface area contributed by atoms with Crippen molar-refractivity contribution in [2.45, 2.75) is 24.3 Å². The second-order valence-corrected chi connectivity index (χ2v) is 9.62. The van der Waals surface area contributed by atoms with Crippen LogP contribution in [0.15, 0.2) is 64.5 Å². The largest absolute Gasteiger partial charge is 0.324 e. The van der Waals surface area contributed by atoms with Crippen molar-refractivity contribution in [2.75, 3.05) is 5.32 Å². The third-order valence-electron chi connectivity index (χ3n) is 4.57. The van der Waals surface area contributed by atoms with E-state index < -0.39 is 5.25 Å². The molecule has 1 unspecified atom stereocenters. The van der Waals surface area contributed by atoms with Gasteiger partial charge in [0.2, 0.25) is 5.91 Å². The van der Waals surface area contributed by atoms with E-state index in [1.54, 1.807) is 31.2 Å². The minimum absolute atomic E-state index is 0.204. The lowest BCUT2D eigenvalue weighted by Crippen LogP contribution is -2.23. The molecular weight excluding hydrogens is 438 g/mol. The first-order valence-corrected chi connectivity index (χ1v) is 11.3. The van der Waals surface area contributed by atoms with Crippen LogP contribution in [0.5, 0.6) is 0 Å². The molecule has 0 aliphatic carbocycles. The number of aryl methyl sites for hydroxylation is 1. The van der Waals surface area contributed by atoms with Gasteiger partial charge < -0.3 is 10.3 Å². The van der Waals surface area contributed by atoms with E-state index in [4.69, 9.17) is 11.6 Å². The normalized spacial score (nSPS) is 12.1. The molecule has 4 aromatic rings. The number of aromatic nitrogens is 2. The molecule has 1 atom stereocenters. The monoisotopic (exact) mass is 455 g/mol. The number of carbonyl (C=O) groups is 1. The highest BCUT2D eigenvalue weighted by molar-refractivity contribution is 8.00. The summed E-state index contributed by atoms with van der Waals surface area (Å²) in [6.07, 6.45) is 0. The summed E-state index contributed by atoms with van der Waals surface area (Å²) in [5.74, 6) is -0.219. The lowest BCUT2D eigenvalue weighted by molar-refractivity contribution is -0.115. The quantitative estimate of drug-likeness (QED) is 0.297. The number of H-pyrrole nitrogens is 1. The van der Waals surface area contributed by atoms with E-state index >= 15 is 0 Å². The number of fused-ring (bicyclic) bond motifs is 1. The van der Waals surface area contributed by atoms with E-state index in [2.05, 4.69) is 15.3 Å². The van der Waals surface area contributed by atoms with Crippen LogP contribution in [0.4, 0.5) is 5.69 Å². The molecule has 5 nitrogen and oxygen atoms in total. The summed E-state index contributed by atoms with van der Waals surface area (Å²) in [6.45, 7) is 3.75. The fourth-order valence-corrected chi connectivity index (χ4v) is 5.21. The Balaban J connectivity index is 1.61. The van der Waals surface area contributed by atoms with Crippen LogP contribution in [0.3, 0.4) is 0 Å². The summed E-state index contributed by atoms with van der Waals surface area (Å²) >= 11 is 8.79. The van der Waals surface area contributed by atoms with Gasteiger partial charge in [0.05, 0.1) is 21.3 Å². The number of thiophene rings is 1. The van der Waals surface area contributed by atoms with Crippen molar-refractivity contribution in [1.82, 2.24) is 9.97 Å². The standard InChI is InChI=1S/C22H18ClN3O2S2/c1-12-17(14-8-4-3-5-9-14)18-20(28)25-22(26-21(18)29-12)30-13(2)19(27)24-16-11-7-6-10-15(16)23/h3-11,13H,1-2H3,(H,24,27)(H,25,26,28). The molecule has 8 heteroatoms. The van der Waals surface area contributed by atoms with Gasteiger partial charge in [-0.1, -0.05) is 65.8 Å². The number of carbonyl (C=O) groups excluding carboxylic acids is 1. The Bertz CT molecular complexity index is 1280. The highest BCUT2D eigenvalue weighted by atomic mass is 35.5. The molecule has 2 aromatic heterocycles. The maximum absolute atomic E-state index is 12.9. The van der Waals surface area contributed by atoms with Gasteiger partial charge in [0, 0.05) is 10.4 Å². The average molecular weight is 456 g/mol. The number of halogens is 1. The Morgan fingerprint density at radius 1 is 1.17 bits per heavy atom. The molecule has 0 saturated carbocycles. The number of amides is 1. The zero-order chi connectivity index (χ0) is 21.3. The van der Waals surface area contributed by atoms with Gasteiger partial charge in [0.25, 0.3) is 5.56 Å². The number of hydrogen-bond donors (Lipinski definition) is 2. The number of anilines is 1. The molecule has 0 aliphatic heterocycles. The highest BCUT2D eigenvalue weighted by Crippen LogP contribution is 2.36. The van der Waals surface area contributed by atoms with Crippen LogP contribution in [-0.2, 0) is 4.79 Å². The summed E-state index contributed by atoms with van der Waals surface area (Å²) in [7, 11) is 0. The molecule has 0 radical (unpaired) electrons. The van der Waals surface area contributed by atoms with Gasteiger partial charge >= 0.3 is 0 Å². The minimum Gasteiger partial charge on any atom is -0.324 e. The molecule has 4 rings (SSSR count). The van der Waals surface area contributed by atoms with E-state index in [-0.39, 0.29) is 11.5 Å². The van der Waals surface area contributed by atoms with Gasteiger partial charge in [-0.15, -0.1) is 11.3 Å². The van der Waals surface area contributed by atoms with Crippen LogP contribution in [0.1, 0.15) is 11.8 Å². The summed E-state index contributed by atoms with van der Waals surface area (Å²) in [5, 5.41) is 3.80. The number of nitrogens with zero attached hydrogens (tertiary/aromatic N) is 1. The lowest BCUT2D eigenvalue weighted by atomic mass is 10.0. The van der Waals surface area contributed by atoms with Gasteiger partial charge in [-0.2, -0.15) is 0 Å². The molecule has 2 heterocycles. The summed E-state index contributed by atoms with van der Waals surface area (Å²) in [6, 6.07) is 16.9. The number of thioether (sulfide) groups is 1. The summed E-state index contributed by atoms with van der Waals surface area (Å²) in [5.41, 5.74) is 2.24. The van der Waals surface area contributed by atoms with Crippen LogP contribution in [0.25, 0.3) is 21.3 Å². The number of hydrogen-bond acceptors (Lipinski definition) is 5. The van der Waals surface area contributed by atoms with Crippen molar-refractivity contribution in [3.63, 3.8) is 0 Å². The Kier molecular flexibility index (Phi) is 5.94. The van der Waals surface area contributed by atoms with Crippen molar-refractivity contribution in [2.24, 2.45) is 0 Å². The molecule has 0 aliphatic rings. The zero-order valence-electron chi connectivity index (χ0n) is 16.2. The first-order chi connectivity index (χ1) is 14.4. The van der Waals surface area contributed by atoms with Crippen molar-refractivity contribution >= 4 is 56.5 Å². The maximum Gasteiger partial charge on any atom is 0.260 e. The minimum atomic E-state index is -0.475. The smallest absolute Gasteiger partial charge is 0.260 e. The lowest BCUT2D eigenvalue weighted by Gasteiger charge is -2.12. The molecular formula is C22H18ClN3O2S2. The van der Waals surface area contributed by atoms with Crippen molar-refractivity contribution in [3.05, 3.63) is 74.9 Å². The van der Waals surface area contributed by atoms with Gasteiger partial charge in [0.1, 0.15) is 4.83 Å². The van der Waals surface area contributed by atoms with Crippen LogP contribution < -0.4 is 10.9 Å². The van der Waals surface area contributed by atoms with Crippen molar-refractivity contribution in [3.8, 4) is 11.1 Å². The Hall–Kier alpha value is -2.61. The summed E-state index contributed by atoms with van der Waals surface area (Å²) < 4.78 is 0. The Morgan fingerprint density at radius 3 is 2.60 bits per heavy atom. The SMILES string of the molecule is Cc1sc2nc(SC(C)C(=O)Nc3ccccc3Cl)[nH]c(=O)c2c1-c1ccccc1. The zero-order valence-corrected chi connectivity index (χ0v) is 18.6.